The second kappa shape index (κ2) is 11.8. The number of sulfone groups is 1. The molecule has 3 saturated heterocycles. The molecule has 5 amide bonds. The molecule has 2 aromatic rings. The van der Waals surface area contributed by atoms with E-state index >= 15 is 0 Å². The lowest BCUT2D eigenvalue weighted by molar-refractivity contribution is -0.156. The minimum absolute atomic E-state index is 0.0922. The Balaban J connectivity index is 1.40. The third-order valence-corrected chi connectivity index (χ3v) is 10.8. The van der Waals surface area contributed by atoms with Gasteiger partial charge in [-0.25, -0.2) is 22.8 Å². The molecule has 3 aliphatic heterocycles. The van der Waals surface area contributed by atoms with Crippen LogP contribution in [0.4, 0.5) is 4.79 Å². The highest BCUT2D eigenvalue weighted by atomic mass is 32.2. The molecule has 5 rings (SSSR count). The maximum Gasteiger partial charge on any atom is 0.333 e. The third-order valence-electron chi connectivity index (χ3n) is 8.10. The summed E-state index contributed by atoms with van der Waals surface area (Å²) >= 11 is 0. The third kappa shape index (κ3) is 5.20. The molecule has 1 unspecified atom stereocenters. The fourth-order valence-corrected chi connectivity index (χ4v) is 7.89. The standard InChI is InChI=1S/C29H29N5O10S/c1-3-32-13-14-33(24(37)23(32)36)28(41)31-20(17-9-5-4-6-10-17)27(40)44-16-29(2)21(26(38)39)34-22(35)19(25(34)45(29,42)43)15-18-11-7-8-12-30-18/h4-12,15,20-21,25H,3,13-14,16H2,1-2H3,(H,31,41)(H,38,39)/b19-15-/t20?,21-,25+,29-/m0/s1. The normalized spacial score (nSPS) is 25.4. The minimum Gasteiger partial charge on any atom is -0.480 e. The van der Waals surface area contributed by atoms with Gasteiger partial charge in [0.25, 0.3) is 5.91 Å². The van der Waals surface area contributed by atoms with Gasteiger partial charge in [0, 0.05) is 25.8 Å². The van der Waals surface area contributed by atoms with Crippen molar-refractivity contribution in [1.29, 1.82) is 0 Å². The van der Waals surface area contributed by atoms with Crippen molar-refractivity contribution in [3.63, 3.8) is 0 Å². The molecule has 4 atom stereocenters. The maximum absolute atomic E-state index is 13.8. The van der Waals surface area contributed by atoms with Crippen LogP contribution in [0, 0.1) is 0 Å². The summed E-state index contributed by atoms with van der Waals surface area (Å²) in [5.74, 6) is -5.56. The predicted octanol–water partition coefficient (Wildman–Crippen LogP) is -0.0416. The zero-order valence-corrected chi connectivity index (χ0v) is 25.0. The molecule has 0 saturated carbocycles. The Kier molecular flexibility index (Phi) is 8.18. The molecule has 1 aromatic carbocycles. The summed E-state index contributed by atoms with van der Waals surface area (Å²) in [6.07, 6.45) is 2.71. The Labute approximate surface area is 257 Å². The van der Waals surface area contributed by atoms with Gasteiger partial charge in [0.1, 0.15) is 11.4 Å². The van der Waals surface area contributed by atoms with Gasteiger partial charge in [-0.3, -0.25) is 24.3 Å². The maximum atomic E-state index is 13.8. The van der Waals surface area contributed by atoms with E-state index < -0.39 is 74.3 Å². The summed E-state index contributed by atoms with van der Waals surface area (Å²) < 4.78 is 30.8. The van der Waals surface area contributed by atoms with Crippen LogP contribution in [-0.4, -0.2) is 111 Å². The lowest BCUT2D eigenvalue weighted by Crippen LogP contribution is -2.59. The van der Waals surface area contributed by atoms with Crippen LogP contribution in [0.3, 0.4) is 0 Å². The summed E-state index contributed by atoms with van der Waals surface area (Å²) in [5.41, 5.74) is 0.322. The van der Waals surface area contributed by atoms with Crippen molar-refractivity contribution in [3.05, 3.63) is 71.6 Å². The number of carbonyl (C=O) groups is 6. The van der Waals surface area contributed by atoms with Crippen molar-refractivity contribution >= 4 is 51.6 Å². The van der Waals surface area contributed by atoms with Gasteiger partial charge in [-0.05, 0) is 37.6 Å². The van der Waals surface area contributed by atoms with Gasteiger partial charge in [-0.15, -0.1) is 0 Å². The molecule has 4 heterocycles. The summed E-state index contributed by atoms with van der Waals surface area (Å²) in [6.45, 7) is 2.01. The van der Waals surface area contributed by atoms with E-state index in [1.807, 2.05) is 0 Å². The molecule has 0 bridgehead atoms. The lowest BCUT2D eigenvalue weighted by atomic mass is 9.94. The number of pyridine rings is 1. The summed E-state index contributed by atoms with van der Waals surface area (Å²) in [7, 11) is -4.50. The number of ether oxygens (including phenoxy) is 1. The number of aliphatic carboxylic acids is 1. The molecule has 0 spiro atoms. The van der Waals surface area contributed by atoms with Crippen LogP contribution < -0.4 is 5.32 Å². The Bertz CT molecular complexity index is 1710. The number of aromatic nitrogens is 1. The fourth-order valence-electron chi connectivity index (χ4n) is 5.61. The number of carbonyl (C=O) groups excluding carboxylic acids is 5. The lowest BCUT2D eigenvalue weighted by Gasteiger charge is -2.37. The minimum atomic E-state index is -4.50. The Morgan fingerprint density at radius 2 is 1.76 bits per heavy atom. The molecule has 0 aliphatic carbocycles. The average Bonchev–Trinajstić information content (AvgIpc) is 3.19. The quantitative estimate of drug-likeness (QED) is 0.170. The Hall–Kier alpha value is -5.12. The number of hydrogen-bond acceptors (Lipinski definition) is 10. The van der Waals surface area contributed by atoms with Crippen LogP contribution in [0.1, 0.15) is 31.1 Å². The number of imide groups is 1. The van der Waals surface area contributed by atoms with E-state index in [1.165, 1.54) is 29.3 Å². The number of esters is 1. The number of piperazine rings is 1. The second-order valence-corrected chi connectivity index (χ2v) is 13.2. The molecule has 3 aliphatic rings. The van der Waals surface area contributed by atoms with E-state index in [-0.39, 0.29) is 30.8 Å². The number of nitrogens with one attached hydrogen (secondary N) is 1. The summed E-state index contributed by atoms with van der Waals surface area (Å²) in [6, 6.07) is 8.00. The average molecular weight is 640 g/mol. The van der Waals surface area contributed by atoms with Crippen molar-refractivity contribution in [2.24, 2.45) is 0 Å². The van der Waals surface area contributed by atoms with Crippen LogP contribution in [0.25, 0.3) is 6.08 Å². The summed E-state index contributed by atoms with van der Waals surface area (Å²) in [4.78, 5) is 83.6. The topological polar surface area (TPSA) is 201 Å². The number of benzene rings is 1. The first kappa shape index (κ1) is 31.3. The van der Waals surface area contributed by atoms with Crippen molar-refractivity contribution in [3.8, 4) is 0 Å². The van der Waals surface area contributed by atoms with E-state index in [4.69, 9.17) is 4.74 Å². The smallest absolute Gasteiger partial charge is 0.333 e. The number of rotatable bonds is 8. The number of urea groups is 1. The van der Waals surface area contributed by atoms with Crippen LogP contribution in [0.2, 0.25) is 0 Å². The number of amides is 5. The van der Waals surface area contributed by atoms with Crippen LogP contribution in [0.5, 0.6) is 0 Å². The van der Waals surface area contributed by atoms with Gasteiger partial charge >= 0.3 is 29.8 Å². The molecule has 2 N–H and O–H groups in total. The van der Waals surface area contributed by atoms with Gasteiger partial charge in [0.2, 0.25) is 0 Å². The van der Waals surface area contributed by atoms with Crippen molar-refractivity contribution in [1.82, 2.24) is 25.0 Å². The van der Waals surface area contributed by atoms with Crippen LogP contribution in [-0.2, 0) is 38.5 Å². The number of likely N-dealkylation sites (N-methyl/N-ethyl adjacent to an activating group) is 1. The second-order valence-electron chi connectivity index (χ2n) is 10.8. The van der Waals surface area contributed by atoms with Crippen molar-refractivity contribution in [2.75, 3.05) is 26.2 Å². The van der Waals surface area contributed by atoms with Crippen molar-refractivity contribution in [2.45, 2.75) is 36.1 Å². The monoisotopic (exact) mass is 639 g/mol. The van der Waals surface area contributed by atoms with E-state index in [0.717, 1.165) is 11.8 Å². The highest BCUT2D eigenvalue weighted by molar-refractivity contribution is 7.94. The fraction of sp³-hybridized carbons (Fsp3) is 0.345. The molecule has 0 radical (unpaired) electrons. The van der Waals surface area contributed by atoms with E-state index in [0.29, 0.717) is 10.6 Å². The molecule has 16 heteroatoms. The molecule has 236 valence electrons. The Morgan fingerprint density at radius 3 is 2.38 bits per heavy atom. The molecular formula is C29H29N5O10S. The van der Waals surface area contributed by atoms with Gasteiger partial charge in [0.05, 0.1) is 11.3 Å². The van der Waals surface area contributed by atoms with Crippen LogP contribution >= 0.6 is 0 Å². The molecule has 1 aromatic heterocycles. The zero-order valence-electron chi connectivity index (χ0n) is 24.2. The highest BCUT2D eigenvalue weighted by Gasteiger charge is 2.72. The predicted molar refractivity (Wildman–Crippen MR) is 154 cm³/mol. The Morgan fingerprint density at radius 1 is 1.07 bits per heavy atom. The largest absolute Gasteiger partial charge is 0.480 e. The number of β-lactam (4-membered cyclic amide) rings is 1. The first-order valence-electron chi connectivity index (χ1n) is 13.9. The summed E-state index contributed by atoms with van der Waals surface area (Å²) in [5, 5.41) is 10.8. The zero-order chi connectivity index (χ0) is 32.7. The van der Waals surface area contributed by atoms with Gasteiger partial charge in [-0.2, -0.15) is 0 Å². The van der Waals surface area contributed by atoms with E-state index in [2.05, 4.69) is 10.3 Å². The number of carboxylic acids is 1. The molecule has 45 heavy (non-hydrogen) atoms. The number of fused-ring (bicyclic) bond motifs is 1. The molecule has 3 fully saturated rings. The number of carboxylic acid groups (broad SMARTS) is 1. The van der Waals surface area contributed by atoms with Gasteiger partial charge in [-0.1, -0.05) is 36.4 Å². The SMILES string of the molecule is CCN1CCN(C(=O)NC(C(=O)OC[C@@]2(C)[C@H](C(=O)O)N3C(=O)/C(=C/c4ccccn4)[C@H]3S2(=O)=O)c2ccccc2)C(=O)C1=O. The number of hydrogen-bond donors (Lipinski definition) is 2. The van der Waals surface area contributed by atoms with Crippen molar-refractivity contribution < 1.29 is 47.0 Å². The molecule has 15 nitrogen and oxygen atoms in total. The van der Waals surface area contributed by atoms with Gasteiger partial charge in [0.15, 0.2) is 27.3 Å². The van der Waals surface area contributed by atoms with Crippen LogP contribution in [0.15, 0.2) is 60.3 Å². The molecular weight excluding hydrogens is 610 g/mol. The van der Waals surface area contributed by atoms with E-state index in [1.54, 1.807) is 43.3 Å². The first-order valence-corrected chi connectivity index (χ1v) is 15.4. The first-order chi connectivity index (χ1) is 21.3. The van der Waals surface area contributed by atoms with Gasteiger partial charge < -0.3 is 25.0 Å². The number of nitrogens with zero attached hydrogens (tertiary/aromatic N) is 4. The highest BCUT2D eigenvalue weighted by Crippen LogP contribution is 2.49. The van der Waals surface area contributed by atoms with E-state index in [9.17, 15) is 42.3 Å².